The van der Waals surface area contributed by atoms with Crippen LogP contribution in [0, 0.1) is 5.82 Å². The summed E-state index contributed by atoms with van der Waals surface area (Å²) in [4.78, 5) is 28.5. The second-order valence-electron chi connectivity index (χ2n) is 8.62. The lowest BCUT2D eigenvalue weighted by Gasteiger charge is -2.32. The number of benzene rings is 3. The summed E-state index contributed by atoms with van der Waals surface area (Å²) in [6.45, 7) is 3.97. The van der Waals surface area contributed by atoms with Gasteiger partial charge in [-0.25, -0.2) is 4.39 Å². The number of amides is 2. The summed E-state index contributed by atoms with van der Waals surface area (Å²) in [6, 6.07) is 25.0. The molecule has 2 atom stereocenters. The summed E-state index contributed by atoms with van der Waals surface area (Å²) in [6.07, 6.45) is 1.92. The molecular weight excluding hydrogens is 427 g/mol. The first-order valence-corrected chi connectivity index (χ1v) is 11.9. The summed E-state index contributed by atoms with van der Waals surface area (Å²) in [5, 5.41) is 3.03. The van der Waals surface area contributed by atoms with Gasteiger partial charge in [0.15, 0.2) is 0 Å². The van der Waals surface area contributed by atoms with Crippen molar-refractivity contribution in [3.05, 3.63) is 107 Å². The Morgan fingerprint density at radius 3 is 2.09 bits per heavy atom. The van der Waals surface area contributed by atoms with E-state index in [0.29, 0.717) is 18.4 Å². The lowest BCUT2D eigenvalue weighted by Crippen LogP contribution is -2.52. The molecule has 0 aliphatic rings. The van der Waals surface area contributed by atoms with Crippen LogP contribution in [0.5, 0.6) is 0 Å². The Morgan fingerprint density at radius 1 is 0.882 bits per heavy atom. The van der Waals surface area contributed by atoms with E-state index in [-0.39, 0.29) is 36.6 Å². The SMILES string of the molecule is CC[C@H](C)NC(=O)[C@H](Cc1ccccc1)N(Cc1ccccc1F)C(=O)CCc1ccccc1. The quantitative estimate of drug-likeness (QED) is 0.421. The van der Waals surface area contributed by atoms with Crippen LogP contribution in [0.25, 0.3) is 0 Å². The van der Waals surface area contributed by atoms with Crippen LogP contribution < -0.4 is 5.32 Å². The second-order valence-corrected chi connectivity index (χ2v) is 8.62. The zero-order chi connectivity index (χ0) is 24.3. The van der Waals surface area contributed by atoms with Crippen molar-refractivity contribution in [1.29, 1.82) is 0 Å². The van der Waals surface area contributed by atoms with Crippen LogP contribution >= 0.6 is 0 Å². The lowest BCUT2D eigenvalue weighted by atomic mass is 10.0. The predicted octanol–water partition coefficient (Wildman–Crippen LogP) is 5.31. The van der Waals surface area contributed by atoms with E-state index < -0.39 is 6.04 Å². The average molecular weight is 461 g/mol. The summed E-state index contributed by atoms with van der Waals surface area (Å²) in [5.74, 6) is -0.779. The third-order valence-corrected chi connectivity index (χ3v) is 6.04. The number of hydrogen-bond acceptors (Lipinski definition) is 2. The fourth-order valence-corrected chi connectivity index (χ4v) is 3.84. The Kier molecular flexibility index (Phi) is 9.39. The van der Waals surface area contributed by atoms with Gasteiger partial charge in [0.2, 0.25) is 11.8 Å². The van der Waals surface area contributed by atoms with Crippen molar-refractivity contribution in [3.8, 4) is 0 Å². The highest BCUT2D eigenvalue weighted by molar-refractivity contribution is 5.88. The molecule has 34 heavy (non-hydrogen) atoms. The maximum absolute atomic E-state index is 14.6. The fourth-order valence-electron chi connectivity index (χ4n) is 3.84. The number of hydrogen-bond donors (Lipinski definition) is 1. The van der Waals surface area contributed by atoms with Crippen molar-refractivity contribution >= 4 is 11.8 Å². The Morgan fingerprint density at radius 2 is 1.47 bits per heavy atom. The first-order chi connectivity index (χ1) is 16.5. The number of aryl methyl sites for hydroxylation is 1. The van der Waals surface area contributed by atoms with Crippen molar-refractivity contribution in [3.63, 3.8) is 0 Å². The molecule has 3 aromatic carbocycles. The van der Waals surface area contributed by atoms with Gasteiger partial charge in [-0.3, -0.25) is 9.59 Å². The van der Waals surface area contributed by atoms with Gasteiger partial charge in [-0.2, -0.15) is 0 Å². The molecule has 0 aliphatic carbocycles. The highest BCUT2D eigenvalue weighted by atomic mass is 19.1. The molecule has 3 aromatic rings. The smallest absolute Gasteiger partial charge is 0.243 e. The number of nitrogens with zero attached hydrogens (tertiary/aromatic N) is 1. The molecule has 4 nitrogen and oxygen atoms in total. The Bertz CT molecular complexity index is 1060. The van der Waals surface area contributed by atoms with Crippen LogP contribution in [0.15, 0.2) is 84.9 Å². The number of halogens is 1. The van der Waals surface area contributed by atoms with Crippen LogP contribution in [-0.2, 0) is 29.0 Å². The zero-order valence-corrected chi connectivity index (χ0v) is 19.9. The lowest BCUT2D eigenvalue weighted by molar-refractivity contribution is -0.141. The highest BCUT2D eigenvalue weighted by Gasteiger charge is 2.31. The molecule has 0 heterocycles. The molecule has 1 N–H and O–H groups in total. The topological polar surface area (TPSA) is 49.4 Å². The maximum Gasteiger partial charge on any atom is 0.243 e. The van der Waals surface area contributed by atoms with Crippen molar-refractivity contribution in [2.75, 3.05) is 0 Å². The third-order valence-electron chi connectivity index (χ3n) is 6.04. The molecule has 0 saturated carbocycles. The molecule has 0 unspecified atom stereocenters. The summed E-state index contributed by atoms with van der Waals surface area (Å²) >= 11 is 0. The van der Waals surface area contributed by atoms with Gasteiger partial charge in [-0.1, -0.05) is 85.8 Å². The summed E-state index contributed by atoms with van der Waals surface area (Å²) in [5.41, 5.74) is 2.39. The molecule has 3 rings (SSSR count). The van der Waals surface area contributed by atoms with Crippen LogP contribution in [0.1, 0.15) is 43.4 Å². The molecule has 0 aromatic heterocycles. The van der Waals surface area contributed by atoms with Crippen molar-refractivity contribution in [2.45, 2.75) is 58.2 Å². The number of carbonyl (C=O) groups is 2. The summed E-state index contributed by atoms with van der Waals surface area (Å²) < 4.78 is 14.6. The fraction of sp³-hybridized carbons (Fsp3) is 0.310. The van der Waals surface area contributed by atoms with Gasteiger partial charge in [-0.05, 0) is 37.0 Å². The first kappa shape index (κ1) is 25.2. The van der Waals surface area contributed by atoms with E-state index in [4.69, 9.17) is 0 Å². The molecular formula is C29H33FN2O2. The predicted molar refractivity (Wildman–Crippen MR) is 134 cm³/mol. The van der Waals surface area contributed by atoms with E-state index >= 15 is 0 Å². The molecule has 0 spiro atoms. The molecule has 0 saturated heterocycles. The van der Waals surface area contributed by atoms with E-state index in [0.717, 1.165) is 17.5 Å². The van der Waals surface area contributed by atoms with Crippen molar-refractivity contribution < 1.29 is 14.0 Å². The Labute approximate surface area is 201 Å². The van der Waals surface area contributed by atoms with Gasteiger partial charge in [-0.15, -0.1) is 0 Å². The molecule has 0 radical (unpaired) electrons. The minimum absolute atomic E-state index is 0.0273. The van der Waals surface area contributed by atoms with Gasteiger partial charge in [0.05, 0.1) is 0 Å². The van der Waals surface area contributed by atoms with E-state index in [1.165, 1.54) is 6.07 Å². The van der Waals surface area contributed by atoms with Gasteiger partial charge in [0, 0.05) is 31.0 Å². The van der Waals surface area contributed by atoms with Gasteiger partial charge >= 0.3 is 0 Å². The van der Waals surface area contributed by atoms with Crippen molar-refractivity contribution in [2.24, 2.45) is 0 Å². The van der Waals surface area contributed by atoms with E-state index in [1.807, 2.05) is 74.5 Å². The number of nitrogens with one attached hydrogen (secondary N) is 1. The standard InChI is InChI=1S/C29H33FN2O2/c1-3-22(2)31-29(34)27(20-24-14-8-5-9-15-24)32(21-25-16-10-11-17-26(25)30)28(33)19-18-23-12-6-4-7-13-23/h4-17,22,27H,3,18-21H2,1-2H3,(H,31,34)/t22-,27-/m0/s1. The molecule has 0 aliphatic heterocycles. The van der Waals surface area contributed by atoms with Crippen LogP contribution in [-0.4, -0.2) is 28.8 Å². The van der Waals surface area contributed by atoms with E-state index in [1.54, 1.807) is 23.1 Å². The number of rotatable bonds is 11. The molecule has 0 fully saturated rings. The first-order valence-electron chi connectivity index (χ1n) is 11.9. The average Bonchev–Trinajstić information content (AvgIpc) is 2.86. The molecule has 178 valence electrons. The molecule has 2 amide bonds. The zero-order valence-electron chi connectivity index (χ0n) is 19.9. The summed E-state index contributed by atoms with van der Waals surface area (Å²) in [7, 11) is 0. The normalized spacial score (nSPS) is 12.6. The van der Waals surface area contributed by atoms with Crippen LogP contribution in [0.2, 0.25) is 0 Å². The largest absolute Gasteiger partial charge is 0.352 e. The number of carbonyl (C=O) groups excluding carboxylic acids is 2. The van der Waals surface area contributed by atoms with Gasteiger partial charge in [0.1, 0.15) is 11.9 Å². The molecule has 5 heteroatoms. The van der Waals surface area contributed by atoms with E-state index in [9.17, 15) is 14.0 Å². The van der Waals surface area contributed by atoms with Crippen LogP contribution in [0.4, 0.5) is 4.39 Å². The minimum Gasteiger partial charge on any atom is -0.352 e. The highest BCUT2D eigenvalue weighted by Crippen LogP contribution is 2.18. The Balaban J connectivity index is 1.92. The maximum atomic E-state index is 14.6. The van der Waals surface area contributed by atoms with Crippen molar-refractivity contribution in [1.82, 2.24) is 10.2 Å². The monoisotopic (exact) mass is 460 g/mol. The molecule has 0 bridgehead atoms. The van der Waals surface area contributed by atoms with Gasteiger partial charge < -0.3 is 10.2 Å². The minimum atomic E-state index is -0.751. The second kappa shape index (κ2) is 12.7. The van der Waals surface area contributed by atoms with Gasteiger partial charge in [0.25, 0.3) is 0 Å². The van der Waals surface area contributed by atoms with E-state index in [2.05, 4.69) is 5.32 Å². The third kappa shape index (κ3) is 7.27. The van der Waals surface area contributed by atoms with Crippen LogP contribution in [0.3, 0.4) is 0 Å². The Hall–Kier alpha value is -3.47.